The van der Waals surface area contributed by atoms with Crippen LogP contribution < -0.4 is 15.2 Å². The molecular weight excluding hydrogens is 234 g/mol. The highest BCUT2D eigenvalue weighted by molar-refractivity contribution is 5.70. The molecule has 1 rings (SSSR count). The molecule has 0 heterocycles. The van der Waals surface area contributed by atoms with Crippen LogP contribution in [0, 0.1) is 0 Å². The van der Waals surface area contributed by atoms with E-state index in [1.807, 2.05) is 12.1 Å². The Balaban J connectivity index is 2.91. The maximum absolute atomic E-state index is 11.4. The van der Waals surface area contributed by atoms with Crippen LogP contribution in [0.3, 0.4) is 0 Å². The van der Waals surface area contributed by atoms with Crippen LogP contribution in [-0.2, 0) is 9.53 Å². The monoisotopic (exact) mass is 253 g/mol. The minimum atomic E-state index is -0.478. The van der Waals surface area contributed by atoms with Crippen molar-refractivity contribution in [3.8, 4) is 11.5 Å². The second kappa shape index (κ2) is 6.86. The van der Waals surface area contributed by atoms with E-state index in [9.17, 15) is 4.79 Å². The minimum absolute atomic E-state index is 0.108. The van der Waals surface area contributed by atoms with E-state index in [-0.39, 0.29) is 12.4 Å². The highest BCUT2D eigenvalue weighted by Crippen LogP contribution is 2.34. The molecule has 1 atom stereocenters. The molecule has 0 aliphatic carbocycles. The molecule has 0 radical (unpaired) electrons. The molecular formula is C13H19NO4. The van der Waals surface area contributed by atoms with Crippen molar-refractivity contribution in [1.29, 1.82) is 0 Å². The largest absolute Gasteiger partial charge is 0.493 e. The molecule has 0 amide bonds. The zero-order chi connectivity index (χ0) is 13.5. The molecule has 1 aromatic carbocycles. The third kappa shape index (κ3) is 3.37. The van der Waals surface area contributed by atoms with Gasteiger partial charge in [-0.1, -0.05) is 12.1 Å². The lowest BCUT2D eigenvalue weighted by molar-refractivity contribution is -0.143. The van der Waals surface area contributed by atoms with Crippen LogP contribution in [0.5, 0.6) is 11.5 Å². The van der Waals surface area contributed by atoms with Gasteiger partial charge in [0.15, 0.2) is 11.5 Å². The smallest absolute Gasteiger partial charge is 0.307 e. The standard InChI is InChI=1S/C13H19NO4/c1-4-18-12(15)8-10(14)9-6-5-7-11(16-2)13(9)17-3/h5-7,10H,4,8,14H2,1-3H3. The zero-order valence-corrected chi connectivity index (χ0v) is 10.9. The Morgan fingerprint density at radius 1 is 1.33 bits per heavy atom. The summed E-state index contributed by atoms with van der Waals surface area (Å²) in [6.45, 7) is 2.11. The molecule has 100 valence electrons. The van der Waals surface area contributed by atoms with Gasteiger partial charge in [0, 0.05) is 11.6 Å². The number of rotatable bonds is 6. The SMILES string of the molecule is CCOC(=O)CC(N)c1cccc(OC)c1OC. The van der Waals surface area contributed by atoms with Crippen LogP contribution in [0.2, 0.25) is 0 Å². The maximum atomic E-state index is 11.4. The number of para-hydroxylation sites is 1. The first-order valence-electron chi connectivity index (χ1n) is 5.76. The summed E-state index contributed by atoms with van der Waals surface area (Å²) in [4.78, 5) is 11.4. The topological polar surface area (TPSA) is 70.8 Å². The average molecular weight is 253 g/mol. The molecule has 0 saturated carbocycles. The molecule has 1 unspecified atom stereocenters. The molecule has 18 heavy (non-hydrogen) atoms. The number of hydrogen-bond donors (Lipinski definition) is 1. The molecule has 5 nitrogen and oxygen atoms in total. The average Bonchev–Trinajstić information content (AvgIpc) is 2.37. The van der Waals surface area contributed by atoms with Gasteiger partial charge in [-0.2, -0.15) is 0 Å². The van der Waals surface area contributed by atoms with Crippen molar-refractivity contribution in [2.24, 2.45) is 5.73 Å². The van der Waals surface area contributed by atoms with Gasteiger partial charge < -0.3 is 19.9 Å². The fraction of sp³-hybridized carbons (Fsp3) is 0.462. The van der Waals surface area contributed by atoms with Crippen molar-refractivity contribution in [2.45, 2.75) is 19.4 Å². The van der Waals surface area contributed by atoms with Gasteiger partial charge in [-0.05, 0) is 13.0 Å². The Bertz CT molecular complexity index is 406. The van der Waals surface area contributed by atoms with E-state index in [1.54, 1.807) is 27.2 Å². The molecule has 0 bridgehead atoms. The maximum Gasteiger partial charge on any atom is 0.307 e. The van der Waals surface area contributed by atoms with Crippen LogP contribution in [0.4, 0.5) is 0 Å². The van der Waals surface area contributed by atoms with Gasteiger partial charge in [0.2, 0.25) is 0 Å². The number of benzene rings is 1. The highest BCUT2D eigenvalue weighted by Gasteiger charge is 2.18. The van der Waals surface area contributed by atoms with Crippen LogP contribution >= 0.6 is 0 Å². The van der Waals surface area contributed by atoms with Gasteiger partial charge in [-0.3, -0.25) is 4.79 Å². The highest BCUT2D eigenvalue weighted by atomic mass is 16.5. The predicted molar refractivity (Wildman–Crippen MR) is 67.7 cm³/mol. The summed E-state index contributed by atoms with van der Waals surface area (Å²) in [6.07, 6.45) is 0.108. The number of esters is 1. The molecule has 0 aliphatic heterocycles. The van der Waals surface area contributed by atoms with E-state index in [4.69, 9.17) is 19.9 Å². The summed E-state index contributed by atoms with van der Waals surface area (Å²) >= 11 is 0. The van der Waals surface area contributed by atoms with Gasteiger partial charge in [-0.15, -0.1) is 0 Å². The summed E-state index contributed by atoms with van der Waals surface area (Å²) in [7, 11) is 3.09. The Kier molecular flexibility index (Phi) is 5.45. The lowest BCUT2D eigenvalue weighted by Crippen LogP contribution is -2.18. The fourth-order valence-electron chi connectivity index (χ4n) is 1.71. The summed E-state index contributed by atoms with van der Waals surface area (Å²) in [5, 5.41) is 0. The Morgan fingerprint density at radius 3 is 2.61 bits per heavy atom. The molecule has 2 N–H and O–H groups in total. The summed E-state index contributed by atoms with van der Waals surface area (Å²) < 4.78 is 15.3. The number of hydrogen-bond acceptors (Lipinski definition) is 5. The molecule has 0 aromatic heterocycles. The number of carbonyl (C=O) groups is 1. The van der Waals surface area contributed by atoms with Crippen molar-refractivity contribution in [3.05, 3.63) is 23.8 Å². The first-order chi connectivity index (χ1) is 8.63. The van der Waals surface area contributed by atoms with Crippen LogP contribution in [0.25, 0.3) is 0 Å². The number of carbonyl (C=O) groups excluding carboxylic acids is 1. The lowest BCUT2D eigenvalue weighted by Gasteiger charge is -2.17. The number of methoxy groups -OCH3 is 2. The third-order valence-corrected chi connectivity index (χ3v) is 2.52. The second-order valence-corrected chi connectivity index (χ2v) is 3.70. The Hall–Kier alpha value is -1.75. The minimum Gasteiger partial charge on any atom is -0.493 e. The van der Waals surface area contributed by atoms with Crippen LogP contribution in [-0.4, -0.2) is 26.8 Å². The van der Waals surface area contributed by atoms with Gasteiger partial charge in [0.05, 0.1) is 27.2 Å². The fourth-order valence-corrected chi connectivity index (χ4v) is 1.71. The Morgan fingerprint density at radius 2 is 2.06 bits per heavy atom. The predicted octanol–water partition coefficient (Wildman–Crippen LogP) is 1.66. The summed E-state index contributed by atoms with van der Waals surface area (Å²) in [5.41, 5.74) is 6.72. The summed E-state index contributed by atoms with van der Waals surface area (Å²) in [5.74, 6) is 0.820. The van der Waals surface area contributed by atoms with Gasteiger partial charge in [0.1, 0.15) is 0 Å². The molecule has 0 aliphatic rings. The third-order valence-electron chi connectivity index (χ3n) is 2.52. The van der Waals surface area contributed by atoms with E-state index in [2.05, 4.69) is 0 Å². The molecule has 0 spiro atoms. The molecule has 0 saturated heterocycles. The first-order valence-corrected chi connectivity index (χ1v) is 5.76. The quantitative estimate of drug-likeness (QED) is 0.781. The normalized spacial score (nSPS) is 11.8. The van der Waals surface area contributed by atoms with Gasteiger partial charge in [-0.25, -0.2) is 0 Å². The van der Waals surface area contributed by atoms with Gasteiger partial charge in [0.25, 0.3) is 0 Å². The first kappa shape index (κ1) is 14.3. The molecule has 0 fully saturated rings. The van der Waals surface area contributed by atoms with E-state index >= 15 is 0 Å². The molecule has 5 heteroatoms. The lowest BCUT2D eigenvalue weighted by atomic mass is 10.0. The van der Waals surface area contributed by atoms with E-state index in [0.29, 0.717) is 18.1 Å². The van der Waals surface area contributed by atoms with E-state index in [1.165, 1.54) is 0 Å². The summed E-state index contributed by atoms with van der Waals surface area (Å²) in [6, 6.07) is 4.92. The van der Waals surface area contributed by atoms with E-state index in [0.717, 1.165) is 5.56 Å². The van der Waals surface area contributed by atoms with Crippen molar-refractivity contribution in [2.75, 3.05) is 20.8 Å². The Labute approximate surface area is 107 Å². The van der Waals surface area contributed by atoms with Crippen molar-refractivity contribution in [1.82, 2.24) is 0 Å². The van der Waals surface area contributed by atoms with Crippen molar-refractivity contribution < 1.29 is 19.0 Å². The van der Waals surface area contributed by atoms with Crippen LogP contribution in [0.1, 0.15) is 24.9 Å². The second-order valence-electron chi connectivity index (χ2n) is 3.70. The number of ether oxygens (including phenoxy) is 3. The van der Waals surface area contributed by atoms with Gasteiger partial charge >= 0.3 is 5.97 Å². The van der Waals surface area contributed by atoms with E-state index < -0.39 is 6.04 Å². The molecule has 1 aromatic rings. The van der Waals surface area contributed by atoms with Crippen molar-refractivity contribution >= 4 is 5.97 Å². The van der Waals surface area contributed by atoms with Crippen LogP contribution in [0.15, 0.2) is 18.2 Å². The number of nitrogens with two attached hydrogens (primary N) is 1. The zero-order valence-electron chi connectivity index (χ0n) is 10.9. The van der Waals surface area contributed by atoms with Crippen molar-refractivity contribution in [3.63, 3.8) is 0 Å².